The largest absolute Gasteiger partial charge is 0.344 e. The van der Waals surface area contributed by atoms with Gasteiger partial charge in [0.15, 0.2) is 5.82 Å². The average molecular weight is 325 g/mol. The topological polar surface area (TPSA) is 83.6 Å². The number of nitrogens with zero attached hydrogens (tertiary/aromatic N) is 3. The Morgan fingerprint density at radius 2 is 2.17 bits per heavy atom. The Hall–Kier alpha value is -2.54. The molecule has 0 unspecified atom stereocenters. The van der Waals surface area contributed by atoms with Gasteiger partial charge in [-0.15, -0.1) is 11.3 Å². The van der Waals surface area contributed by atoms with E-state index >= 15 is 0 Å². The first-order valence-corrected chi connectivity index (χ1v) is 8.33. The number of carbonyl (C=O) groups excluding carboxylic acids is 1. The van der Waals surface area contributed by atoms with Crippen LogP contribution in [-0.4, -0.2) is 26.1 Å². The van der Waals surface area contributed by atoms with Crippen molar-refractivity contribution in [1.82, 2.24) is 25.5 Å². The van der Waals surface area contributed by atoms with E-state index in [1.165, 1.54) is 16.9 Å². The summed E-state index contributed by atoms with van der Waals surface area (Å²) >= 11 is 1.60. The van der Waals surface area contributed by atoms with E-state index < -0.39 is 0 Å². The highest BCUT2D eigenvalue weighted by atomic mass is 32.1. The minimum atomic E-state index is -0.0498. The molecular weight excluding hydrogens is 310 g/mol. The average Bonchev–Trinajstić information content (AvgIpc) is 3.29. The number of pyridine rings is 1. The first-order valence-electron chi connectivity index (χ1n) is 7.51. The van der Waals surface area contributed by atoms with Crippen molar-refractivity contribution < 1.29 is 4.79 Å². The minimum Gasteiger partial charge on any atom is -0.344 e. The van der Waals surface area contributed by atoms with E-state index in [0.29, 0.717) is 18.2 Å². The molecule has 3 heterocycles. The molecule has 1 aliphatic carbocycles. The van der Waals surface area contributed by atoms with E-state index in [4.69, 9.17) is 0 Å². The Balaban J connectivity index is 1.41. The Labute approximate surface area is 137 Å². The van der Waals surface area contributed by atoms with Crippen molar-refractivity contribution in [3.05, 3.63) is 51.7 Å². The van der Waals surface area contributed by atoms with Crippen LogP contribution in [0, 0.1) is 0 Å². The lowest BCUT2D eigenvalue weighted by molar-refractivity contribution is 0.0954. The molecule has 0 fully saturated rings. The van der Waals surface area contributed by atoms with Crippen LogP contribution in [0.3, 0.4) is 0 Å². The van der Waals surface area contributed by atoms with Crippen molar-refractivity contribution in [2.45, 2.75) is 25.8 Å². The molecule has 0 aromatic carbocycles. The summed E-state index contributed by atoms with van der Waals surface area (Å²) in [4.78, 5) is 22.7. The molecule has 0 saturated carbocycles. The van der Waals surface area contributed by atoms with Crippen LogP contribution in [0.4, 0.5) is 0 Å². The quantitative estimate of drug-likeness (QED) is 0.771. The zero-order valence-corrected chi connectivity index (χ0v) is 13.2. The summed E-state index contributed by atoms with van der Waals surface area (Å²) < 4.78 is 0. The third-order valence-corrected chi connectivity index (χ3v) is 5.09. The summed E-state index contributed by atoms with van der Waals surface area (Å²) in [6, 6.07) is 5.71. The molecule has 116 valence electrons. The third kappa shape index (κ3) is 2.87. The van der Waals surface area contributed by atoms with Gasteiger partial charge in [-0.05, 0) is 43.0 Å². The van der Waals surface area contributed by atoms with Crippen LogP contribution in [0.25, 0.3) is 11.4 Å². The predicted molar refractivity (Wildman–Crippen MR) is 87.1 cm³/mol. The van der Waals surface area contributed by atoms with Gasteiger partial charge >= 0.3 is 0 Å². The number of aromatic amines is 1. The normalized spacial score (nSPS) is 13.0. The number of aryl methyl sites for hydroxylation is 2. The van der Waals surface area contributed by atoms with Gasteiger partial charge in [0, 0.05) is 22.8 Å². The maximum Gasteiger partial charge on any atom is 0.261 e. The first-order chi connectivity index (χ1) is 11.3. The van der Waals surface area contributed by atoms with Gasteiger partial charge in [-0.1, -0.05) is 0 Å². The van der Waals surface area contributed by atoms with Gasteiger partial charge in [-0.2, -0.15) is 5.10 Å². The Bertz CT molecular complexity index is 818. The van der Waals surface area contributed by atoms with Gasteiger partial charge in [0.05, 0.1) is 11.4 Å². The van der Waals surface area contributed by atoms with Crippen molar-refractivity contribution in [1.29, 1.82) is 0 Å². The van der Waals surface area contributed by atoms with Crippen LogP contribution < -0.4 is 5.32 Å². The fourth-order valence-electron chi connectivity index (χ4n) is 2.70. The van der Waals surface area contributed by atoms with Crippen LogP contribution in [0.1, 0.15) is 32.4 Å². The second kappa shape index (κ2) is 5.92. The molecule has 1 amide bonds. The molecule has 0 bridgehead atoms. The van der Waals surface area contributed by atoms with E-state index in [2.05, 4.69) is 25.5 Å². The maximum absolute atomic E-state index is 12.2. The smallest absolute Gasteiger partial charge is 0.261 e. The van der Waals surface area contributed by atoms with Gasteiger partial charge < -0.3 is 5.32 Å². The number of rotatable bonds is 4. The zero-order chi connectivity index (χ0) is 15.6. The number of amides is 1. The number of fused-ring (bicyclic) bond motifs is 1. The lowest BCUT2D eigenvalue weighted by atomic mass is 10.2. The van der Waals surface area contributed by atoms with Gasteiger partial charge in [0.1, 0.15) is 5.82 Å². The van der Waals surface area contributed by atoms with Gasteiger partial charge in [0.25, 0.3) is 5.91 Å². The summed E-state index contributed by atoms with van der Waals surface area (Å²) in [6.45, 7) is 0.333. The molecule has 0 spiro atoms. The highest BCUT2D eigenvalue weighted by Crippen LogP contribution is 2.30. The number of carbonyl (C=O) groups is 1. The van der Waals surface area contributed by atoms with Crippen LogP contribution >= 0.6 is 11.3 Å². The maximum atomic E-state index is 12.2. The Kier molecular flexibility index (Phi) is 3.63. The number of aromatic nitrogens is 4. The SMILES string of the molecule is O=C(NCc1nc(-c2ccncc2)n[nH]1)c1cc2c(s1)CCC2. The monoisotopic (exact) mass is 325 g/mol. The molecule has 3 aromatic rings. The number of hydrogen-bond acceptors (Lipinski definition) is 5. The van der Waals surface area contributed by atoms with Gasteiger partial charge in [-0.25, -0.2) is 4.98 Å². The number of H-pyrrole nitrogens is 1. The lowest BCUT2D eigenvalue weighted by Crippen LogP contribution is -2.22. The molecule has 1 aliphatic rings. The van der Waals surface area contributed by atoms with Crippen molar-refractivity contribution in [2.24, 2.45) is 0 Å². The fraction of sp³-hybridized carbons (Fsp3) is 0.250. The second-order valence-corrected chi connectivity index (χ2v) is 6.57. The molecule has 0 aliphatic heterocycles. The summed E-state index contributed by atoms with van der Waals surface area (Å²) in [5.41, 5.74) is 2.23. The van der Waals surface area contributed by atoms with Crippen LogP contribution in [0.15, 0.2) is 30.6 Å². The molecule has 7 heteroatoms. The van der Waals surface area contributed by atoms with Crippen LogP contribution in [-0.2, 0) is 19.4 Å². The third-order valence-electron chi connectivity index (χ3n) is 3.86. The summed E-state index contributed by atoms with van der Waals surface area (Å²) in [5.74, 6) is 1.19. The summed E-state index contributed by atoms with van der Waals surface area (Å²) in [5, 5.41) is 9.92. The standard InChI is InChI=1S/C16H15N5OS/c22-16(13-8-11-2-1-3-12(11)23-13)18-9-14-19-15(21-20-14)10-4-6-17-7-5-10/h4-8H,1-3,9H2,(H,18,22)(H,19,20,21). The van der Waals surface area contributed by atoms with Crippen molar-refractivity contribution >= 4 is 17.2 Å². The summed E-state index contributed by atoms with van der Waals surface area (Å²) in [7, 11) is 0. The lowest BCUT2D eigenvalue weighted by Gasteiger charge is -2.00. The van der Waals surface area contributed by atoms with E-state index in [9.17, 15) is 4.79 Å². The zero-order valence-electron chi connectivity index (χ0n) is 12.4. The molecule has 23 heavy (non-hydrogen) atoms. The molecule has 0 radical (unpaired) electrons. The summed E-state index contributed by atoms with van der Waals surface area (Å²) in [6.07, 6.45) is 6.80. The fourth-order valence-corrected chi connectivity index (χ4v) is 3.87. The number of thiophene rings is 1. The van der Waals surface area contributed by atoms with Crippen LogP contribution in [0.2, 0.25) is 0 Å². The molecule has 3 aromatic heterocycles. The van der Waals surface area contributed by atoms with E-state index in [0.717, 1.165) is 23.3 Å². The van der Waals surface area contributed by atoms with Crippen LogP contribution in [0.5, 0.6) is 0 Å². The van der Waals surface area contributed by atoms with Gasteiger partial charge in [-0.3, -0.25) is 14.9 Å². The Morgan fingerprint density at radius 3 is 3.00 bits per heavy atom. The first kappa shape index (κ1) is 14.1. The highest BCUT2D eigenvalue weighted by Gasteiger charge is 2.18. The number of nitrogens with one attached hydrogen (secondary N) is 2. The van der Waals surface area contributed by atoms with Gasteiger partial charge in [0.2, 0.25) is 0 Å². The van der Waals surface area contributed by atoms with Crippen molar-refractivity contribution in [3.63, 3.8) is 0 Å². The molecule has 4 rings (SSSR count). The number of hydrogen-bond donors (Lipinski definition) is 2. The predicted octanol–water partition coefficient (Wildman–Crippen LogP) is 2.35. The van der Waals surface area contributed by atoms with E-state index in [-0.39, 0.29) is 5.91 Å². The van der Waals surface area contributed by atoms with Crippen molar-refractivity contribution in [3.8, 4) is 11.4 Å². The molecule has 2 N–H and O–H groups in total. The minimum absolute atomic E-state index is 0.0498. The Morgan fingerprint density at radius 1 is 1.30 bits per heavy atom. The molecule has 0 atom stereocenters. The van der Waals surface area contributed by atoms with E-state index in [1.807, 2.05) is 18.2 Å². The van der Waals surface area contributed by atoms with E-state index in [1.54, 1.807) is 23.7 Å². The molecule has 6 nitrogen and oxygen atoms in total. The molecular formula is C16H15N5OS. The highest BCUT2D eigenvalue weighted by molar-refractivity contribution is 7.14. The molecule has 0 saturated heterocycles. The van der Waals surface area contributed by atoms with Crippen molar-refractivity contribution in [2.75, 3.05) is 0 Å². The second-order valence-electron chi connectivity index (χ2n) is 5.44.